The Morgan fingerprint density at radius 1 is 1.44 bits per heavy atom. The first kappa shape index (κ1) is 15.4. The van der Waals surface area contributed by atoms with Crippen molar-refractivity contribution in [3.63, 3.8) is 0 Å². The van der Waals surface area contributed by atoms with E-state index in [0.717, 1.165) is 52.1 Å². The molecule has 1 fully saturated rings. The van der Waals surface area contributed by atoms with Gasteiger partial charge in [0, 0.05) is 46.3 Å². The van der Waals surface area contributed by atoms with Crippen LogP contribution in [0.3, 0.4) is 0 Å². The van der Waals surface area contributed by atoms with Crippen LogP contribution < -0.4 is 10.6 Å². The Morgan fingerprint density at radius 2 is 2.17 bits per heavy atom. The summed E-state index contributed by atoms with van der Waals surface area (Å²) in [5, 5.41) is 6.30. The highest BCUT2D eigenvalue weighted by Gasteiger charge is 2.09. The smallest absolute Gasteiger partial charge is 0.220 e. The van der Waals surface area contributed by atoms with Gasteiger partial charge in [0.25, 0.3) is 0 Å². The van der Waals surface area contributed by atoms with Gasteiger partial charge >= 0.3 is 0 Å². The molecule has 0 aromatic heterocycles. The monoisotopic (exact) mass is 257 g/mol. The second-order valence-corrected chi connectivity index (χ2v) is 4.88. The minimum absolute atomic E-state index is 0.138. The number of amides is 1. The van der Waals surface area contributed by atoms with E-state index in [9.17, 15) is 4.79 Å². The van der Waals surface area contributed by atoms with Crippen LogP contribution in [0, 0.1) is 0 Å². The number of ether oxygens (including phenoxy) is 1. The van der Waals surface area contributed by atoms with Crippen LogP contribution in [0.5, 0.6) is 0 Å². The maximum absolute atomic E-state index is 11.5. The molecule has 1 heterocycles. The SMILES string of the molecule is COC(C)CCC(=O)NCCCN1CCNCC1. The predicted octanol–water partition coefficient (Wildman–Crippen LogP) is 0.213. The van der Waals surface area contributed by atoms with E-state index < -0.39 is 0 Å². The largest absolute Gasteiger partial charge is 0.382 e. The lowest BCUT2D eigenvalue weighted by Gasteiger charge is -2.27. The van der Waals surface area contributed by atoms with Gasteiger partial charge in [-0.2, -0.15) is 0 Å². The summed E-state index contributed by atoms with van der Waals surface area (Å²) in [6.45, 7) is 8.26. The first-order valence-corrected chi connectivity index (χ1v) is 6.95. The molecule has 2 N–H and O–H groups in total. The molecule has 0 bridgehead atoms. The number of rotatable bonds is 8. The van der Waals surface area contributed by atoms with Crippen molar-refractivity contribution in [2.45, 2.75) is 32.3 Å². The Kier molecular flexibility index (Phi) is 7.96. The fourth-order valence-electron chi connectivity index (χ4n) is 2.01. The van der Waals surface area contributed by atoms with Crippen LogP contribution in [0.15, 0.2) is 0 Å². The van der Waals surface area contributed by atoms with Crippen LogP contribution >= 0.6 is 0 Å². The number of hydrogen-bond acceptors (Lipinski definition) is 4. The summed E-state index contributed by atoms with van der Waals surface area (Å²) in [5.74, 6) is 0.138. The fourth-order valence-corrected chi connectivity index (χ4v) is 2.01. The van der Waals surface area contributed by atoms with Crippen molar-refractivity contribution in [3.05, 3.63) is 0 Å². The summed E-state index contributed by atoms with van der Waals surface area (Å²) in [6, 6.07) is 0. The van der Waals surface area contributed by atoms with Crippen LogP contribution in [-0.2, 0) is 9.53 Å². The second kappa shape index (κ2) is 9.30. The zero-order valence-corrected chi connectivity index (χ0v) is 11.7. The molecule has 1 amide bonds. The van der Waals surface area contributed by atoms with Crippen molar-refractivity contribution >= 4 is 5.91 Å². The van der Waals surface area contributed by atoms with Gasteiger partial charge < -0.3 is 20.3 Å². The van der Waals surface area contributed by atoms with Crippen LogP contribution in [-0.4, -0.2) is 63.3 Å². The van der Waals surface area contributed by atoms with Crippen molar-refractivity contribution < 1.29 is 9.53 Å². The van der Waals surface area contributed by atoms with Crippen LogP contribution in [0.4, 0.5) is 0 Å². The predicted molar refractivity (Wildman–Crippen MR) is 72.6 cm³/mol. The second-order valence-electron chi connectivity index (χ2n) is 4.88. The molecule has 5 heteroatoms. The third kappa shape index (κ3) is 6.93. The summed E-state index contributed by atoms with van der Waals surface area (Å²) < 4.78 is 5.11. The van der Waals surface area contributed by atoms with Gasteiger partial charge in [-0.3, -0.25) is 4.79 Å². The molecule has 5 nitrogen and oxygen atoms in total. The number of piperazine rings is 1. The molecule has 0 aromatic carbocycles. The highest BCUT2D eigenvalue weighted by molar-refractivity contribution is 5.75. The number of carbonyl (C=O) groups excluding carboxylic acids is 1. The quantitative estimate of drug-likeness (QED) is 0.611. The summed E-state index contributed by atoms with van der Waals surface area (Å²) >= 11 is 0. The van der Waals surface area contributed by atoms with Crippen molar-refractivity contribution in [2.24, 2.45) is 0 Å². The topological polar surface area (TPSA) is 53.6 Å². The van der Waals surface area contributed by atoms with E-state index in [1.807, 2.05) is 6.92 Å². The number of methoxy groups -OCH3 is 1. The van der Waals surface area contributed by atoms with Crippen LogP contribution in [0.25, 0.3) is 0 Å². The first-order valence-electron chi connectivity index (χ1n) is 6.95. The highest BCUT2D eigenvalue weighted by atomic mass is 16.5. The van der Waals surface area contributed by atoms with E-state index in [0.29, 0.717) is 6.42 Å². The molecule has 1 saturated heterocycles. The Bertz CT molecular complexity index is 230. The first-order chi connectivity index (χ1) is 8.72. The number of nitrogens with zero attached hydrogens (tertiary/aromatic N) is 1. The van der Waals surface area contributed by atoms with Gasteiger partial charge in [-0.05, 0) is 26.3 Å². The van der Waals surface area contributed by atoms with E-state index in [2.05, 4.69) is 15.5 Å². The van der Waals surface area contributed by atoms with Crippen LogP contribution in [0.2, 0.25) is 0 Å². The molecule has 0 aliphatic carbocycles. The summed E-state index contributed by atoms with van der Waals surface area (Å²) in [5.41, 5.74) is 0. The molecule has 0 saturated carbocycles. The van der Waals surface area contributed by atoms with Gasteiger partial charge in [0.1, 0.15) is 0 Å². The maximum Gasteiger partial charge on any atom is 0.220 e. The van der Waals surface area contributed by atoms with Crippen molar-refractivity contribution in [2.75, 3.05) is 46.4 Å². The Labute approximate surface area is 110 Å². The molecule has 0 aromatic rings. The zero-order valence-electron chi connectivity index (χ0n) is 11.7. The molecule has 0 radical (unpaired) electrons. The normalized spacial score (nSPS) is 18.6. The molecule has 18 heavy (non-hydrogen) atoms. The Morgan fingerprint density at radius 3 is 2.83 bits per heavy atom. The van der Waals surface area contributed by atoms with E-state index >= 15 is 0 Å². The average molecular weight is 257 g/mol. The van der Waals surface area contributed by atoms with E-state index in [-0.39, 0.29) is 12.0 Å². The minimum atomic E-state index is 0.138. The maximum atomic E-state index is 11.5. The van der Waals surface area contributed by atoms with E-state index in [1.54, 1.807) is 7.11 Å². The van der Waals surface area contributed by atoms with Crippen LogP contribution in [0.1, 0.15) is 26.2 Å². The number of nitrogens with one attached hydrogen (secondary N) is 2. The highest BCUT2D eigenvalue weighted by Crippen LogP contribution is 1.99. The number of carbonyl (C=O) groups is 1. The average Bonchev–Trinajstić information content (AvgIpc) is 2.42. The van der Waals surface area contributed by atoms with Gasteiger partial charge in [-0.25, -0.2) is 0 Å². The molecule has 106 valence electrons. The Balaban J connectivity index is 1.94. The Hall–Kier alpha value is -0.650. The standard InChI is InChI=1S/C13H27N3O2/c1-12(18-2)4-5-13(17)15-6-3-9-16-10-7-14-8-11-16/h12,14H,3-11H2,1-2H3,(H,15,17). The van der Waals surface area contributed by atoms with Gasteiger partial charge in [0.15, 0.2) is 0 Å². The lowest BCUT2D eigenvalue weighted by Crippen LogP contribution is -2.44. The minimum Gasteiger partial charge on any atom is -0.382 e. The molecule has 1 rings (SSSR count). The fraction of sp³-hybridized carbons (Fsp3) is 0.923. The van der Waals surface area contributed by atoms with Gasteiger partial charge in [0.05, 0.1) is 6.10 Å². The van der Waals surface area contributed by atoms with Gasteiger partial charge in [0.2, 0.25) is 5.91 Å². The summed E-state index contributed by atoms with van der Waals surface area (Å²) in [6.07, 6.45) is 2.55. The summed E-state index contributed by atoms with van der Waals surface area (Å²) in [7, 11) is 1.68. The van der Waals surface area contributed by atoms with Crippen molar-refractivity contribution in [1.82, 2.24) is 15.5 Å². The number of hydrogen-bond donors (Lipinski definition) is 2. The molecule has 1 aliphatic heterocycles. The van der Waals surface area contributed by atoms with E-state index in [1.165, 1.54) is 0 Å². The summed E-state index contributed by atoms with van der Waals surface area (Å²) in [4.78, 5) is 14.0. The third-order valence-corrected chi connectivity index (χ3v) is 3.36. The molecule has 1 atom stereocenters. The van der Waals surface area contributed by atoms with Crippen molar-refractivity contribution in [3.8, 4) is 0 Å². The lowest BCUT2D eigenvalue weighted by molar-refractivity contribution is -0.121. The third-order valence-electron chi connectivity index (χ3n) is 3.36. The molecule has 1 aliphatic rings. The van der Waals surface area contributed by atoms with E-state index in [4.69, 9.17) is 4.74 Å². The lowest BCUT2D eigenvalue weighted by atomic mass is 10.2. The molecule has 0 spiro atoms. The van der Waals surface area contributed by atoms with Gasteiger partial charge in [-0.15, -0.1) is 0 Å². The van der Waals surface area contributed by atoms with Gasteiger partial charge in [-0.1, -0.05) is 0 Å². The zero-order chi connectivity index (χ0) is 13.2. The molecule has 1 unspecified atom stereocenters. The van der Waals surface area contributed by atoms with Crippen molar-refractivity contribution in [1.29, 1.82) is 0 Å². The molecular formula is C13H27N3O2. The molecular weight excluding hydrogens is 230 g/mol.